The normalized spacial score (nSPS) is 14.9. The maximum absolute atomic E-state index is 5.57. The Kier molecular flexibility index (Phi) is 5.92. The topological polar surface area (TPSA) is 57.4 Å². The molecule has 1 aliphatic rings. The Balaban J connectivity index is 1.35. The van der Waals surface area contributed by atoms with Gasteiger partial charge in [0.1, 0.15) is 0 Å². The molecular formula is C23H27N5S. The van der Waals surface area contributed by atoms with Gasteiger partial charge >= 0.3 is 0 Å². The summed E-state index contributed by atoms with van der Waals surface area (Å²) in [7, 11) is 0. The van der Waals surface area contributed by atoms with E-state index in [0.717, 1.165) is 56.0 Å². The fraction of sp³-hybridized carbons (Fsp3) is 0.304. The molecule has 0 aliphatic carbocycles. The number of pyridine rings is 1. The van der Waals surface area contributed by atoms with Gasteiger partial charge in [-0.1, -0.05) is 18.2 Å². The van der Waals surface area contributed by atoms with Crippen LogP contribution in [0.15, 0.2) is 54.6 Å². The van der Waals surface area contributed by atoms with E-state index in [1.165, 1.54) is 16.6 Å². The van der Waals surface area contributed by atoms with Crippen molar-refractivity contribution in [1.29, 1.82) is 0 Å². The molecule has 5 nitrogen and oxygen atoms in total. The van der Waals surface area contributed by atoms with Crippen LogP contribution < -0.4 is 16.0 Å². The lowest BCUT2D eigenvalue weighted by Gasteiger charge is -2.36. The highest BCUT2D eigenvalue weighted by atomic mass is 32.1. The molecule has 0 bridgehead atoms. The van der Waals surface area contributed by atoms with Gasteiger partial charge < -0.3 is 16.0 Å². The SMILES string of the molecule is Cc1ccc2c(N3CCN(CCc4cccc(NC(N)=S)c4)CC3)cccc2n1. The fourth-order valence-corrected chi connectivity index (χ4v) is 4.08. The number of hydrogen-bond acceptors (Lipinski definition) is 4. The average Bonchev–Trinajstić information content (AvgIpc) is 2.72. The van der Waals surface area contributed by atoms with Crippen molar-refractivity contribution < 1.29 is 0 Å². The van der Waals surface area contributed by atoms with Gasteiger partial charge in [0, 0.05) is 55.2 Å². The summed E-state index contributed by atoms with van der Waals surface area (Å²) >= 11 is 4.92. The predicted molar refractivity (Wildman–Crippen MR) is 126 cm³/mol. The molecule has 4 rings (SSSR count). The molecule has 0 radical (unpaired) electrons. The quantitative estimate of drug-likeness (QED) is 0.633. The number of piperazine rings is 1. The minimum absolute atomic E-state index is 0.303. The third-order valence-corrected chi connectivity index (χ3v) is 5.57. The summed E-state index contributed by atoms with van der Waals surface area (Å²) in [5.41, 5.74) is 11.3. The Morgan fingerprint density at radius 1 is 1.07 bits per heavy atom. The van der Waals surface area contributed by atoms with Gasteiger partial charge in [-0.3, -0.25) is 9.88 Å². The summed E-state index contributed by atoms with van der Waals surface area (Å²) in [4.78, 5) is 9.70. The van der Waals surface area contributed by atoms with Gasteiger partial charge in [-0.25, -0.2) is 0 Å². The van der Waals surface area contributed by atoms with Crippen molar-refractivity contribution >= 4 is 39.6 Å². The molecule has 1 saturated heterocycles. The largest absolute Gasteiger partial charge is 0.376 e. The van der Waals surface area contributed by atoms with Crippen LogP contribution in [-0.4, -0.2) is 47.7 Å². The smallest absolute Gasteiger partial charge is 0.168 e. The van der Waals surface area contributed by atoms with Crippen LogP contribution in [0, 0.1) is 6.92 Å². The van der Waals surface area contributed by atoms with Crippen molar-refractivity contribution in [1.82, 2.24) is 9.88 Å². The number of nitrogens with two attached hydrogens (primary N) is 1. The number of thiocarbonyl (C=S) groups is 1. The second-order valence-electron chi connectivity index (χ2n) is 7.56. The zero-order valence-corrected chi connectivity index (χ0v) is 17.6. The van der Waals surface area contributed by atoms with E-state index in [4.69, 9.17) is 18.0 Å². The molecule has 6 heteroatoms. The van der Waals surface area contributed by atoms with Crippen LogP contribution in [0.2, 0.25) is 0 Å². The second kappa shape index (κ2) is 8.76. The average molecular weight is 406 g/mol. The van der Waals surface area contributed by atoms with Crippen LogP contribution in [0.4, 0.5) is 11.4 Å². The molecule has 0 unspecified atom stereocenters. The van der Waals surface area contributed by atoms with Gasteiger partial charge in [0.05, 0.1) is 5.52 Å². The zero-order chi connectivity index (χ0) is 20.2. The Morgan fingerprint density at radius 2 is 1.86 bits per heavy atom. The standard InChI is InChI=1S/C23H27N5S/c1-17-8-9-20-21(25-17)6-3-7-22(20)28-14-12-27(13-15-28)11-10-18-4-2-5-19(16-18)26-23(24)29/h2-9,16H,10-15H2,1H3,(H3,24,26,29). The van der Waals surface area contributed by atoms with Crippen molar-refractivity contribution in [2.45, 2.75) is 13.3 Å². The minimum atomic E-state index is 0.303. The second-order valence-corrected chi connectivity index (χ2v) is 8.00. The number of anilines is 2. The molecule has 150 valence electrons. The van der Waals surface area contributed by atoms with Crippen molar-refractivity contribution in [3.8, 4) is 0 Å². The molecule has 2 heterocycles. The number of aryl methyl sites for hydroxylation is 1. The lowest BCUT2D eigenvalue weighted by atomic mass is 10.1. The van der Waals surface area contributed by atoms with E-state index in [1.54, 1.807) is 0 Å². The van der Waals surface area contributed by atoms with Gasteiger partial charge in [0.2, 0.25) is 0 Å². The predicted octanol–water partition coefficient (Wildman–Crippen LogP) is 3.56. The van der Waals surface area contributed by atoms with E-state index >= 15 is 0 Å². The van der Waals surface area contributed by atoms with Crippen LogP contribution in [-0.2, 0) is 6.42 Å². The van der Waals surface area contributed by atoms with Crippen LogP contribution in [0.5, 0.6) is 0 Å². The minimum Gasteiger partial charge on any atom is -0.376 e. The summed E-state index contributed by atoms with van der Waals surface area (Å²) in [5, 5.41) is 4.56. The Labute approximate surface area is 177 Å². The number of hydrogen-bond donors (Lipinski definition) is 2. The maximum atomic E-state index is 5.57. The first-order chi connectivity index (χ1) is 14.1. The summed E-state index contributed by atoms with van der Waals surface area (Å²) in [6.45, 7) is 7.31. The molecule has 3 aromatic rings. The highest BCUT2D eigenvalue weighted by Crippen LogP contribution is 2.27. The van der Waals surface area contributed by atoms with Gasteiger partial charge in [-0.05, 0) is 67.5 Å². The summed E-state index contributed by atoms with van der Waals surface area (Å²) in [6.07, 6.45) is 1.02. The lowest BCUT2D eigenvalue weighted by Crippen LogP contribution is -2.47. The van der Waals surface area contributed by atoms with Gasteiger partial charge in [0.25, 0.3) is 0 Å². The van der Waals surface area contributed by atoms with Crippen molar-refractivity contribution in [2.75, 3.05) is 42.9 Å². The number of benzene rings is 2. The molecule has 1 fully saturated rings. The van der Waals surface area contributed by atoms with Gasteiger partial charge in [-0.2, -0.15) is 0 Å². The van der Waals surface area contributed by atoms with Crippen LogP contribution >= 0.6 is 12.2 Å². The van der Waals surface area contributed by atoms with Crippen molar-refractivity contribution in [2.24, 2.45) is 5.73 Å². The molecular weight excluding hydrogens is 378 g/mol. The lowest BCUT2D eigenvalue weighted by molar-refractivity contribution is 0.261. The monoisotopic (exact) mass is 405 g/mol. The molecule has 3 N–H and O–H groups in total. The summed E-state index contributed by atoms with van der Waals surface area (Å²) in [5.74, 6) is 0. The number of nitrogens with zero attached hydrogens (tertiary/aromatic N) is 3. The van der Waals surface area contributed by atoms with E-state index in [2.05, 4.69) is 62.6 Å². The number of nitrogens with one attached hydrogen (secondary N) is 1. The first-order valence-electron chi connectivity index (χ1n) is 10.1. The number of aromatic nitrogens is 1. The zero-order valence-electron chi connectivity index (χ0n) is 16.8. The molecule has 0 saturated carbocycles. The first kappa shape index (κ1) is 19.6. The first-order valence-corrected chi connectivity index (χ1v) is 10.5. The summed E-state index contributed by atoms with van der Waals surface area (Å²) in [6, 6.07) is 19.1. The number of rotatable bonds is 5. The van der Waals surface area contributed by atoms with E-state index in [9.17, 15) is 0 Å². The van der Waals surface area contributed by atoms with Gasteiger partial charge in [-0.15, -0.1) is 0 Å². The summed E-state index contributed by atoms with van der Waals surface area (Å²) < 4.78 is 0. The molecule has 1 aromatic heterocycles. The molecule has 0 amide bonds. The Morgan fingerprint density at radius 3 is 2.66 bits per heavy atom. The molecule has 2 aromatic carbocycles. The van der Waals surface area contributed by atoms with E-state index in [0.29, 0.717) is 5.11 Å². The van der Waals surface area contributed by atoms with Crippen molar-refractivity contribution in [3.05, 3.63) is 65.9 Å². The highest BCUT2D eigenvalue weighted by molar-refractivity contribution is 7.80. The molecule has 0 spiro atoms. The van der Waals surface area contributed by atoms with Crippen LogP contribution in [0.25, 0.3) is 10.9 Å². The molecule has 1 aliphatic heterocycles. The molecule has 29 heavy (non-hydrogen) atoms. The van der Waals surface area contributed by atoms with Crippen molar-refractivity contribution in [3.63, 3.8) is 0 Å². The van der Waals surface area contributed by atoms with Crippen LogP contribution in [0.3, 0.4) is 0 Å². The molecule has 0 atom stereocenters. The van der Waals surface area contributed by atoms with E-state index in [-0.39, 0.29) is 0 Å². The fourth-order valence-electron chi connectivity index (χ4n) is 3.96. The van der Waals surface area contributed by atoms with E-state index < -0.39 is 0 Å². The maximum Gasteiger partial charge on any atom is 0.168 e. The third-order valence-electron chi connectivity index (χ3n) is 5.47. The van der Waals surface area contributed by atoms with E-state index in [1.807, 2.05) is 19.1 Å². The third kappa shape index (κ3) is 4.83. The number of fused-ring (bicyclic) bond motifs is 1. The van der Waals surface area contributed by atoms with Gasteiger partial charge in [0.15, 0.2) is 5.11 Å². The van der Waals surface area contributed by atoms with Crippen LogP contribution in [0.1, 0.15) is 11.3 Å². The Bertz CT molecular complexity index is 1010. The highest BCUT2D eigenvalue weighted by Gasteiger charge is 2.18. The Hall–Kier alpha value is -2.70.